The van der Waals surface area contributed by atoms with Crippen molar-refractivity contribution in [3.05, 3.63) is 35.4 Å². The molecule has 1 aromatic carbocycles. The summed E-state index contributed by atoms with van der Waals surface area (Å²) >= 11 is 6.02. The smallest absolute Gasteiger partial charge is 0.311 e. The first-order valence-corrected chi connectivity index (χ1v) is 6.38. The molecular formula is C13H17ClF3N. The lowest BCUT2D eigenvalue weighted by molar-refractivity contribution is -0.137. The van der Waals surface area contributed by atoms with Crippen molar-refractivity contribution in [2.45, 2.75) is 37.9 Å². The Balaban J connectivity index is 2.40. The zero-order valence-corrected chi connectivity index (χ0v) is 11.0. The monoisotopic (exact) mass is 279 g/mol. The minimum atomic E-state index is -4.27. The van der Waals surface area contributed by atoms with E-state index in [1.807, 2.05) is 0 Å². The summed E-state index contributed by atoms with van der Waals surface area (Å²) in [6, 6.07) is 5.17. The molecule has 1 aromatic rings. The van der Waals surface area contributed by atoms with Crippen LogP contribution in [-0.4, -0.2) is 11.9 Å². The van der Waals surface area contributed by atoms with E-state index in [9.17, 15) is 13.2 Å². The van der Waals surface area contributed by atoms with Gasteiger partial charge in [0.25, 0.3) is 0 Å². The number of alkyl halides is 4. The lowest BCUT2D eigenvalue weighted by Crippen LogP contribution is -2.22. The molecular weight excluding hydrogens is 263 g/mol. The van der Waals surface area contributed by atoms with Gasteiger partial charge in [0.15, 0.2) is 0 Å². The number of benzene rings is 1. The highest BCUT2D eigenvalue weighted by molar-refractivity contribution is 6.20. The molecule has 5 heteroatoms. The molecule has 0 aliphatic rings. The average molecular weight is 280 g/mol. The molecule has 102 valence electrons. The summed E-state index contributed by atoms with van der Waals surface area (Å²) in [6.45, 7) is 3.26. The Kier molecular flexibility index (Phi) is 5.96. The van der Waals surface area contributed by atoms with Gasteiger partial charge < -0.3 is 5.32 Å². The van der Waals surface area contributed by atoms with Crippen molar-refractivity contribution in [1.82, 2.24) is 5.32 Å². The molecule has 1 rings (SSSR count). The number of hydrogen-bond donors (Lipinski definition) is 1. The fraction of sp³-hybridized carbons (Fsp3) is 0.538. The SMILES string of the molecule is CCCC(Cl)CNCc1ccc(C(F)(F)F)cc1. The van der Waals surface area contributed by atoms with Gasteiger partial charge in [0, 0.05) is 18.5 Å². The highest BCUT2D eigenvalue weighted by Crippen LogP contribution is 2.28. The second-order valence-corrected chi connectivity index (χ2v) is 4.83. The quantitative estimate of drug-likeness (QED) is 0.770. The topological polar surface area (TPSA) is 12.0 Å². The molecule has 0 spiro atoms. The van der Waals surface area contributed by atoms with Gasteiger partial charge in [0.05, 0.1) is 5.56 Å². The fourth-order valence-electron chi connectivity index (χ4n) is 1.60. The van der Waals surface area contributed by atoms with E-state index in [0.717, 1.165) is 30.5 Å². The van der Waals surface area contributed by atoms with Gasteiger partial charge in [-0.1, -0.05) is 25.5 Å². The predicted molar refractivity (Wildman–Crippen MR) is 67.7 cm³/mol. The highest BCUT2D eigenvalue weighted by Gasteiger charge is 2.29. The van der Waals surface area contributed by atoms with Crippen LogP contribution in [0.15, 0.2) is 24.3 Å². The Morgan fingerprint density at radius 2 is 1.83 bits per heavy atom. The molecule has 0 radical (unpaired) electrons. The molecule has 0 heterocycles. The molecule has 0 amide bonds. The third kappa shape index (κ3) is 5.27. The van der Waals surface area contributed by atoms with E-state index < -0.39 is 11.7 Å². The van der Waals surface area contributed by atoms with Crippen molar-refractivity contribution in [1.29, 1.82) is 0 Å². The van der Waals surface area contributed by atoms with E-state index >= 15 is 0 Å². The minimum absolute atomic E-state index is 0.0736. The fourth-order valence-corrected chi connectivity index (χ4v) is 1.93. The van der Waals surface area contributed by atoms with Gasteiger partial charge in [0.1, 0.15) is 0 Å². The molecule has 1 nitrogen and oxygen atoms in total. The Bertz CT molecular complexity index is 348. The van der Waals surface area contributed by atoms with Gasteiger partial charge in [-0.25, -0.2) is 0 Å². The maximum atomic E-state index is 12.3. The molecule has 0 bridgehead atoms. The molecule has 1 atom stereocenters. The van der Waals surface area contributed by atoms with Crippen LogP contribution >= 0.6 is 11.6 Å². The number of hydrogen-bond acceptors (Lipinski definition) is 1. The van der Waals surface area contributed by atoms with Crippen molar-refractivity contribution in [3.8, 4) is 0 Å². The molecule has 18 heavy (non-hydrogen) atoms. The number of halogens is 4. The van der Waals surface area contributed by atoms with Crippen molar-refractivity contribution in [2.24, 2.45) is 0 Å². The summed E-state index contributed by atoms with van der Waals surface area (Å²) in [5.74, 6) is 0. The summed E-state index contributed by atoms with van der Waals surface area (Å²) in [6.07, 6.45) is -2.31. The highest BCUT2D eigenvalue weighted by atomic mass is 35.5. The molecule has 0 saturated carbocycles. The van der Waals surface area contributed by atoms with Crippen LogP contribution in [0, 0.1) is 0 Å². The first-order chi connectivity index (χ1) is 8.43. The normalized spacial score (nSPS) is 13.6. The van der Waals surface area contributed by atoms with Crippen LogP contribution in [0.4, 0.5) is 13.2 Å². The van der Waals surface area contributed by atoms with Crippen LogP contribution in [0.2, 0.25) is 0 Å². The third-order valence-electron chi connectivity index (χ3n) is 2.58. The van der Waals surface area contributed by atoms with Gasteiger partial charge in [-0.2, -0.15) is 13.2 Å². The van der Waals surface area contributed by atoms with Crippen molar-refractivity contribution in [2.75, 3.05) is 6.54 Å². The molecule has 1 N–H and O–H groups in total. The van der Waals surface area contributed by atoms with E-state index in [1.165, 1.54) is 12.1 Å². The number of rotatable bonds is 6. The van der Waals surface area contributed by atoms with Gasteiger partial charge in [-0.05, 0) is 24.1 Å². The van der Waals surface area contributed by atoms with E-state index in [4.69, 9.17) is 11.6 Å². The van der Waals surface area contributed by atoms with Crippen LogP contribution < -0.4 is 5.32 Å². The Morgan fingerprint density at radius 3 is 2.33 bits per heavy atom. The molecule has 0 aliphatic heterocycles. The summed E-state index contributed by atoms with van der Waals surface area (Å²) in [7, 11) is 0. The largest absolute Gasteiger partial charge is 0.416 e. The Morgan fingerprint density at radius 1 is 1.22 bits per heavy atom. The predicted octanol–water partition coefficient (Wildman–Crippen LogP) is 4.20. The zero-order valence-electron chi connectivity index (χ0n) is 10.2. The van der Waals surface area contributed by atoms with Gasteiger partial charge in [-0.3, -0.25) is 0 Å². The summed E-state index contributed by atoms with van der Waals surface area (Å²) in [5, 5.41) is 3.20. The average Bonchev–Trinajstić information content (AvgIpc) is 2.29. The van der Waals surface area contributed by atoms with E-state index in [0.29, 0.717) is 13.1 Å². The minimum Gasteiger partial charge on any atom is -0.311 e. The van der Waals surface area contributed by atoms with E-state index in [2.05, 4.69) is 12.2 Å². The van der Waals surface area contributed by atoms with Crippen LogP contribution in [0.5, 0.6) is 0 Å². The second kappa shape index (κ2) is 7.00. The van der Waals surface area contributed by atoms with Gasteiger partial charge in [-0.15, -0.1) is 11.6 Å². The molecule has 0 saturated heterocycles. The first kappa shape index (κ1) is 15.3. The standard InChI is InChI=1S/C13H17ClF3N/c1-2-3-12(14)9-18-8-10-4-6-11(7-5-10)13(15,16)17/h4-7,12,18H,2-3,8-9H2,1H3. The molecule has 0 aliphatic carbocycles. The molecule has 0 fully saturated rings. The Labute approximate surface area is 110 Å². The lowest BCUT2D eigenvalue weighted by atomic mass is 10.1. The molecule has 0 aromatic heterocycles. The number of nitrogens with one attached hydrogen (secondary N) is 1. The van der Waals surface area contributed by atoms with Crippen molar-refractivity contribution < 1.29 is 13.2 Å². The van der Waals surface area contributed by atoms with Crippen LogP contribution in [-0.2, 0) is 12.7 Å². The summed E-state index contributed by atoms with van der Waals surface area (Å²) in [5.41, 5.74) is 0.204. The van der Waals surface area contributed by atoms with Gasteiger partial charge >= 0.3 is 6.18 Å². The van der Waals surface area contributed by atoms with Crippen LogP contribution in [0.3, 0.4) is 0 Å². The molecule has 1 unspecified atom stereocenters. The lowest BCUT2D eigenvalue weighted by Gasteiger charge is -2.11. The second-order valence-electron chi connectivity index (χ2n) is 4.21. The third-order valence-corrected chi connectivity index (χ3v) is 2.95. The van der Waals surface area contributed by atoms with Gasteiger partial charge in [0.2, 0.25) is 0 Å². The van der Waals surface area contributed by atoms with E-state index in [1.54, 1.807) is 0 Å². The van der Waals surface area contributed by atoms with Crippen molar-refractivity contribution >= 4 is 11.6 Å². The Hall–Kier alpha value is -0.740. The van der Waals surface area contributed by atoms with E-state index in [-0.39, 0.29) is 5.38 Å². The first-order valence-electron chi connectivity index (χ1n) is 5.94. The van der Waals surface area contributed by atoms with Crippen LogP contribution in [0.25, 0.3) is 0 Å². The summed E-state index contributed by atoms with van der Waals surface area (Å²) in [4.78, 5) is 0. The van der Waals surface area contributed by atoms with Crippen LogP contribution in [0.1, 0.15) is 30.9 Å². The van der Waals surface area contributed by atoms with Crippen molar-refractivity contribution in [3.63, 3.8) is 0 Å². The maximum Gasteiger partial charge on any atom is 0.416 e. The zero-order chi connectivity index (χ0) is 13.6. The summed E-state index contributed by atoms with van der Waals surface area (Å²) < 4.78 is 37.0. The maximum absolute atomic E-state index is 12.3.